The third-order valence-corrected chi connectivity index (χ3v) is 7.04. The van der Waals surface area contributed by atoms with Crippen LogP contribution in [0.5, 0.6) is 0 Å². The van der Waals surface area contributed by atoms with Gasteiger partial charge in [-0.05, 0) is 11.6 Å². The Hall–Kier alpha value is -2.59. The zero-order valence-corrected chi connectivity index (χ0v) is 17.7. The first kappa shape index (κ1) is 19.7. The smallest absolute Gasteiger partial charge is 0.230 e. The summed E-state index contributed by atoms with van der Waals surface area (Å²) in [5, 5.41) is 12.9. The van der Waals surface area contributed by atoms with Crippen LogP contribution in [0.25, 0.3) is 10.9 Å². The highest BCUT2D eigenvalue weighted by atomic mass is 32.2. The molecule has 0 aliphatic carbocycles. The second-order valence-electron chi connectivity index (χ2n) is 6.72. The number of aromatic amines is 1. The number of fused-ring (bicyclic) bond motifs is 1. The molecule has 0 unspecified atom stereocenters. The molecule has 3 heterocycles. The molecule has 0 radical (unpaired) electrons. The lowest BCUT2D eigenvalue weighted by Crippen LogP contribution is -2.49. The summed E-state index contributed by atoms with van der Waals surface area (Å²) in [6.07, 6.45) is 2.33. The van der Waals surface area contributed by atoms with Crippen LogP contribution in [0.1, 0.15) is 5.56 Å². The number of hydrogen-bond donors (Lipinski definition) is 2. The maximum absolute atomic E-state index is 12.8. The fourth-order valence-corrected chi connectivity index (χ4v) is 5.05. The van der Waals surface area contributed by atoms with Gasteiger partial charge in [0, 0.05) is 50.3 Å². The number of benzene rings is 1. The van der Waals surface area contributed by atoms with E-state index >= 15 is 0 Å². The number of piperazine rings is 1. The van der Waals surface area contributed by atoms with Gasteiger partial charge in [-0.2, -0.15) is 0 Å². The fourth-order valence-electron chi connectivity index (χ4n) is 3.29. The van der Waals surface area contributed by atoms with Crippen molar-refractivity contribution in [2.45, 2.75) is 10.8 Å². The van der Waals surface area contributed by atoms with Gasteiger partial charge in [-0.3, -0.25) is 9.59 Å². The molecule has 152 valence electrons. The van der Waals surface area contributed by atoms with Crippen LogP contribution in [0.4, 0.5) is 5.13 Å². The van der Waals surface area contributed by atoms with Gasteiger partial charge in [-0.1, -0.05) is 41.3 Å². The lowest BCUT2D eigenvalue weighted by atomic mass is 10.1. The summed E-state index contributed by atoms with van der Waals surface area (Å²) in [5.74, 6) is 0.448. The summed E-state index contributed by atoms with van der Waals surface area (Å²) in [7, 11) is 1.62. The molecule has 2 aromatic heterocycles. The number of nitrogens with one attached hydrogen (secondary N) is 2. The molecule has 0 bridgehead atoms. The minimum Gasteiger partial charge on any atom is -0.361 e. The number of anilines is 1. The Morgan fingerprint density at radius 1 is 1.21 bits per heavy atom. The summed E-state index contributed by atoms with van der Waals surface area (Å²) in [5.41, 5.74) is 2.09. The summed E-state index contributed by atoms with van der Waals surface area (Å²) in [6.45, 7) is 2.80. The largest absolute Gasteiger partial charge is 0.361 e. The van der Waals surface area contributed by atoms with Crippen molar-refractivity contribution in [3.8, 4) is 0 Å². The minimum atomic E-state index is -0.0333. The fraction of sp³-hybridized carbons (Fsp3) is 0.368. The van der Waals surface area contributed by atoms with E-state index in [0.717, 1.165) is 39.0 Å². The van der Waals surface area contributed by atoms with E-state index in [0.29, 0.717) is 25.3 Å². The van der Waals surface area contributed by atoms with E-state index in [-0.39, 0.29) is 11.8 Å². The first-order valence-electron chi connectivity index (χ1n) is 9.38. The van der Waals surface area contributed by atoms with Gasteiger partial charge < -0.3 is 20.1 Å². The van der Waals surface area contributed by atoms with Crippen LogP contribution >= 0.6 is 23.1 Å². The highest BCUT2D eigenvalue weighted by molar-refractivity contribution is 8.01. The van der Waals surface area contributed by atoms with E-state index in [4.69, 9.17) is 0 Å². The molecule has 8 nitrogen and oxygen atoms in total. The van der Waals surface area contributed by atoms with E-state index in [2.05, 4.69) is 25.4 Å². The van der Waals surface area contributed by atoms with Gasteiger partial charge in [-0.15, -0.1) is 10.2 Å². The van der Waals surface area contributed by atoms with Crippen molar-refractivity contribution >= 4 is 50.9 Å². The molecule has 1 aliphatic heterocycles. The van der Waals surface area contributed by atoms with Gasteiger partial charge in [0.15, 0.2) is 4.34 Å². The molecule has 0 atom stereocenters. The monoisotopic (exact) mass is 430 g/mol. The third kappa shape index (κ3) is 4.54. The Morgan fingerprint density at radius 3 is 2.79 bits per heavy atom. The summed E-state index contributed by atoms with van der Waals surface area (Å²) in [6, 6.07) is 8.04. The SMILES string of the molecule is CNC(=O)CSc1nnc(N2CCN(C(=O)Cc3c[nH]c4ccccc34)CC2)s1. The minimum absolute atomic E-state index is 0.0333. The maximum Gasteiger partial charge on any atom is 0.230 e. The zero-order chi connectivity index (χ0) is 20.2. The normalized spacial score (nSPS) is 14.4. The number of carbonyl (C=O) groups excluding carboxylic acids is 2. The molecule has 0 spiro atoms. The molecule has 1 aliphatic rings. The number of carbonyl (C=O) groups is 2. The average molecular weight is 431 g/mol. The van der Waals surface area contributed by atoms with Gasteiger partial charge in [0.1, 0.15) is 0 Å². The van der Waals surface area contributed by atoms with Crippen LogP contribution in [0.2, 0.25) is 0 Å². The topological polar surface area (TPSA) is 94.2 Å². The van der Waals surface area contributed by atoms with Crippen molar-refractivity contribution in [2.75, 3.05) is 43.9 Å². The van der Waals surface area contributed by atoms with Gasteiger partial charge in [0.25, 0.3) is 0 Å². The molecule has 29 heavy (non-hydrogen) atoms. The molecule has 1 aromatic carbocycles. The van der Waals surface area contributed by atoms with Gasteiger partial charge >= 0.3 is 0 Å². The van der Waals surface area contributed by atoms with Crippen molar-refractivity contribution in [1.29, 1.82) is 0 Å². The van der Waals surface area contributed by atoms with Crippen molar-refractivity contribution in [3.05, 3.63) is 36.0 Å². The van der Waals surface area contributed by atoms with Crippen LogP contribution in [-0.4, -0.2) is 70.9 Å². The van der Waals surface area contributed by atoms with Crippen molar-refractivity contribution in [1.82, 2.24) is 25.4 Å². The van der Waals surface area contributed by atoms with E-state index in [1.807, 2.05) is 35.4 Å². The van der Waals surface area contributed by atoms with E-state index in [9.17, 15) is 9.59 Å². The average Bonchev–Trinajstić information content (AvgIpc) is 3.40. The third-order valence-electron chi connectivity index (χ3n) is 4.92. The Bertz CT molecular complexity index is 1010. The predicted octanol–water partition coefficient (Wildman–Crippen LogP) is 1.75. The number of para-hydroxylation sites is 1. The van der Waals surface area contributed by atoms with Gasteiger partial charge in [0.2, 0.25) is 16.9 Å². The Labute approximate surface area is 176 Å². The second kappa shape index (κ2) is 8.83. The van der Waals surface area contributed by atoms with E-state index in [1.165, 1.54) is 23.1 Å². The molecular weight excluding hydrogens is 408 g/mol. The van der Waals surface area contributed by atoms with Crippen LogP contribution in [0.3, 0.4) is 0 Å². The molecule has 2 N–H and O–H groups in total. The first-order chi connectivity index (χ1) is 14.1. The van der Waals surface area contributed by atoms with Crippen LogP contribution in [-0.2, 0) is 16.0 Å². The van der Waals surface area contributed by atoms with Crippen LogP contribution in [0.15, 0.2) is 34.8 Å². The molecule has 0 saturated carbocycles. The number of nitrogens with zero attached hydrogens (tertiary/aromatic N) is 4. The standard InChI is InChI=1S/C19H22N6O2S2/c1-20-16(26)12-28-19-23-22-18(29-19)25-8-6-24(7-9-25)17(27)10-13-11-21-15-5-3-2-4-14(13)15/h2-5,11,21H,6-10,12H2,1H3,(H,20,26). The van der Waals surface area contributed by atoms with Gasteiger partial charge in [-0.25, -0.2) is 0 Å². The molecular formula is C19H22N6O2S2. The zero-order valence-electron chi connectivity index (χ0n) is 16.1. The Morgan fingerprint density at radius 2 is 2.00 bits per heavy atom. The van der Waals surface area contributed by atoms with E-state index < -0.39 is 0 Å². The van der Waals surface area contributed by atoms with Crippen LogP contribution < -0.4 is 10.2 Å². The number of aromatic nitrogens is 3. The molecule has 10 heteroatoms. The predicted molar refractivity (Wildman–Crippen MR) is 115 cm³/mol. The lowest BCUT2D eigenvalue weighted by molar-refractivity contribution is -0.130. The highest BCUT2D eigenvalue weighted by Gasteiger charge is 2.24. The van der Waals surface area contributed by atoms with Gasteiger partial charge in [0.05, 0.1) is 12.2 Å². The Balaban J connectivity index is 1.30. The summed E-state index contributed by atoms with van der Waals surface area (Å²) in [4.78, 5) is 31.4. The highest BCUT2D eigenvalue weighted by Crippen LogP contribution is 2.28. The number of rotatable bonds is 6. The van der Waals surface area contributed by atoms with Crippen LogP contribution in [0, 0.1) is 0 Å². The number of amides is 2. The molecule has 3 aromatic rings. The van der Waals surface area contributed by atoms with E-state index in [1.54, 1.807) is 7.05 Å². The number of H-pyrrole nitrogens is 1. The Kier molecular flexibility index (Phi) is 6.00. The number of hydrogen-bond acceptors (Lipinski definition) is 7. The second-order valence-corrected chi connectivity index (χ2v) is 8.89. The van der Waals surface area contributed by atoms with Crippen molar-refractivity contribution < 1.29 is 9.59 Å². The quantitative estimate of drug-likeness (QED) is 0.579. The molecule has 4 rings (SSSR count). The summed E-state index contributed by atoms with van der Waals surface area (Å²) < 4.78 is 0.779. The van der Waals surface area contributed by atoms with Crippen molar-refractivity contribution in [3.63, 3.8) is 0 Å². The molecule has 2 amide bonds. The number of thioether (sulfide) groups is 1. The molecule has 1 fully saturated rings. The first-order valence-corrected chi connectivity index (χ1v) is 11.2. The summed E-state index contributed by atoms with van der Waals surface area (Å²) >= 11 is 2.87. The lowest BCUT2D eigenvalue weighted by Gasteiger charge is -2.34. The maximum atomic E-state index is 12.8. The van der Waals surface area contributed by atoms with Crippen molar-refractivity contribution in [2.24, 2.45) is 0 Å². The molecule has 1 saturated heterocycles.